The van der Waals surface area contributed by atoms with Crippen LogP contribution in [0.4, 0.5) is 5.69 Å². The van der Waals surface area contributed by atoms with E-state index >= 15 is 0 Å². The smallest absolute Gasteiger partial charge is 0.282 e. The summed E-state index contributed by atoms with van der Waals surface area (Å²) in [5, 5.41) is 18.9. The van der Waals surface area contributed by atoms with Crippen LogP contribution in [0.5, 0.6) is 5.75 Å². The van der Waals surface area contributed by atoms with Crippen LogP contribution in [0, 0.1) is 5.92 Å². The van der Waals surface area contributed by atoms with Crippen molar-refractivity contribution in [3.05, 3.63) is 59.1 Å². The first-order valence-electron chi connectivity index (χ1n) is 10.5. The predicted molar refractivity (Wildman–Crippen MR) is 120 cm³/mol. The molecule has 158 valence electrons. The Hall–Kier alpha value is -2.57. The summed E-state index contributed by atoms with van der Waals surface area (Å²) in [6.45, 7) is 3.74. The molecule has 0 saturated carbocycles. The van der Waals surface area contributed by atoms with Crippen molar-refractivity contribution in [2.45, 2.75) is 38.6 Å². The van der Waals surface area contributed by atoms with Gasteiger partial charge in [0.05, 0.1) is 16.8 Å². The highest BCUT2D eigenvalue weighted by molar-refractivity contribution is 6.40. The number of rotatable bonds is 4. The zero-order valence-electron chi connectivity index (χ0n) is 17.1. The lowest BCUT2D eigenvalue weighted by Gasteiger charge is -2.27. The molecule has 0 radical (unpaired) electrons. The van der Waals surface area contributed by atoms with Crippen molar-refractivity contribution in [1.29, 1.82) is 0 Å². The van der Waals surface area contributed by atoms with Gasteiger partial charge in [-0.05, 0) is 42.7 Å². The number of carbonyl (C=O) groups excluding carboxylic acids is 1. The van der Waals surface area contributed by atoms with Crippen LogP contribution in [0.1, 0.15) is 44.2 Å². The number of halogens is 1. The highest BCUT2D eigenvalue weighted by Crippen LogP contribution is 2.41. The van der Waals surface area contributed by atoms with Gasteiger partial charge in [-0.15, -0.1) is 0 Å². The summed E-state index contributed by atoms with van der Waals surface area (Å²) < 4.78 is 0. The lowest BCUT2D eigenvalue weighted by atomic mass is 9.91. The monoisotopic (exact) mass is 426 g/mol. The van der Waals surface area contributed by atoms with Crippen molar-refractivity contribution >= 4 is 28.9 Å². The quantitative estimate of drug-likeness (QED) is 0.754. The van der Waals surface area contributed by atoms with Gasteiger partial charge in [0, 0.05) is 19.0 Å². The number of carbonyl (C=O) groups is 1. The van der Waals surface area contributed by atoms with Crippen molar-refractivity contribution in [1.82, 2.24) is 10.4 Å². The van der Waals surface area contributed by atoms with Crippen LogP contribution in [0.3, 0.4) is 0 Å². The zero-order chi connectivity index (χ0) is 21.1. The second kappa shape index (κ2) is 9.06. The molecular weight excluding hydrogens is 400 g/mol. The molecule has 2 heterocycles. The minimum absolute atomic E-state index is 0.155. The number of phenols is 1. The van der Waals surface area contributed by atoms with Gasteiger partial charge in [0.1, 0.15) is 11.5 Å². The van der Waals surface area contributed by atoms with E-state index in [0.29, 0.717) is 10.7 Å². The van der Waals surface area contributed by atoms with Gasteiger partial charge in [0.2, 0.25) is 0 Å². The molecule has 1 fully saturated rings. The molecule has 1 amide bonds. The summed E-state index contributed by atoms with van der Waals surface area (Å²) >= 11 is 6.47. The number of hydrogen-bond acceptors (Lipinski definition) is 5. The van der Waals surface area contributed by atoms with Crippen molar-refractivity contribution in [3.63, 3.8) is 0 Å². The van der Waals surface area contributed by atoms with E-state index in [2.05, 4.69) is 5.43 Å². The molecule has 0 spiro atoms. The Morgan fingerprint density at radius 1 is 1.07 bits per heavy atom. The third kappa shape index (κ3) is 4.30. The molecule has 2 aromatic rings. The second-order valence-corrected chi connectivity index (χ2v) is 8.36. The molecule has 0 unspecified atom stereocenters. The first-order valence-corrected chi connectivity index (χ1v) is 10.9. The molecule has 7 heteroatoms. The Bertz CT molecular complexity index is 923. The summed E-state index contributed by atoms with van der Waals surface area (Å²) in [6, 6.07) is 14.3. The van der Waals surface area contributed by atoms with Crippen LogP contribution < -0.4 is 10.4 Å². The number of hydrazine groups is 1. The van der Waals surface area contributed by atoms with Crippen molar-refractivity contribution < 1.29 is 9.90 Å². The number of amides is 1. The predicted octanol–water partition coefficient (Wildman–Crippen LogP) is 4.51. The van der Waals surface area contributed by atoms with E-state index in [1.54, 1.807) is 12.1 Å². The zero-order valence-corrected chi connectivity index (χ0v) is 17.8. The summed E-state index contributed by atoms with van der Waals surface area (Å²) in [6.07, 6.45) is 4.58. The Morgan fingerprint density at radius 2 is 1.73 bits per heavy atom. The highest BCUT2D eigenvalue weighted by atomic mass is 35.5. The van der Waals surface area contributed by atoms with Gasteiger partial charge in [-0.2, -0.15) is 5.10 Å². The van der Waals surface area contributed by atoms with E-state index in [4.69, 9.17) is 16.7 Å². The molecule has 2 aromatic carbocycles. The first-order chi connectivity index (χ1) is 14.5. The van der Waals surface area contributed by atoms with Gasteiger partial charge in [-0.1, -0.05) is 55.6 Å². The Morgan fingerprint density at radius 3 is 2.40 bits per heavy atom. The standard InChI is InChI=1S/C23H27ClN4O2/c1-16-21(23(30)26-27-14-6-2-3-7-15-27)25-28(20-9-5-4-8-19(20)24)22(16)17-10-12-18(29)13-11-17/h4-5,8-13,16,22,29H,2-3,6-7,14-15H2,1H3,(H,26,30)/t16-,22+/m0/s1. The number of nitrogens with one attached hydrogen (secondary N) is 1. The van der Waals surface area contributed by atoms with Crippen LogP contribution in [0.25, 0.3) is 0 Å². The topological polar surface area (TPSA) is 68.2 Å². The summed E-state index contributed by atoms with van der Waals surface area (Å²) in [5.41, 5.74) is 5.26. The van der Waals surface area contributed by atoms with Gasteiger partial charge < -0.3 is 5.11 Å². The van der Waals surface area contributed by atoms with Gasteiger partial charge in [-0.3, -0.25) is 15.2 Å². The molecule has 1 saturated heterocycles. The number of hydrogen-bond donors (Lipinski definition) is 2. The maximum absolute atomic E-state index is 13.1. The van der Waals surface area contributed by atoms with Crippen molar-refractivity contribution in [2.75, 3.05) is 18.1 Å². The molecule has 0 aliphatic carbocycles. The minimum Gasteiger partial charge on any atom is -0.508 e. The molecule has 4 rings (SSSR count). The van der Waals surface area contributed by atoms with E-state index in [0.717, 1.165) is 37.2 Å². The third-order valence-electron chi connectivity index (χ3n) is 5.82. The van der Waals surface area contributed by atoms with Gasteiger partial charge in [0.15, 0.2) is 0 Å². The third-order valence-corrected chi connectivity index (χ3v) is 6.14. The van der Waals surface area contributed by atoms with Gasteiger partial charge in [0.25, 0.3) is 5.91 Å². The van der Waals surface area contributed by atoms with Crippen LogP contribution in [0.2, 0.25) is 5.02 Å². The summed E-state index contributed by atoms with van der Waals surface area (Å²) in [5.74, 6) is -0.116. The van der Waals surface area contributed by atoms with E-state index in [-0.39, 0.29) is 23.6 Å². The Balaban J connectivity index is 1.65. The number of nitrogens with zero attached hydrogens (tertiary/aromatic N) is 3. The van der Waals surface area contributed by atoms with Crippen LogP contribution in [0.15, 0.2) is 53.6 Å². The fourth-order valence-electron chi connectivity index (χ4n) is 4.21. The Labute approximate surface area is 182 Å². The van der Waals surface area contributed by atoms with E-state index in [1.807, 2.05) is 53.3 Å². The number of aromatic hydroxyl groups is 1. The summed E-state index contributed by atoms with van der Waals surface area (Å²) in [7, 11) is 0. The number of para-hydroxylation sites is 1. The average molecular weight is 427 g/mol. The molecule has 2 aliphatic rings. The van der Waals surface area contributed by atoms with Crippen molar-refractivity contribution in [2.24, 2.45) is 11.0 Å². The molecule has 6 nitrogen and oxygen atoms in total. The lowest BCUT2D eigenvalue weighted by Crippen LogP contribution is -2.46. The largest absolute Gasteiger partial charge is 0.508 e. The van der Waals surface area contributed by atoms with Crippen LogP contribution >= 0.6 is 11.6 Å². The molecule has 2 N–H and O–H groups in total. The molecule has 2 atom stereocenters. The van der Waals surface area contributed by atoms with Gasteiger partial charge in [-0.25, -0.2) is 5.01 Å². The molecular formula is C23H27ClN4O2. The van der Waals surface area contributed by atoms with E-state index < -0.39 is 0 Å². The van der Waals surface area contributed by atoms with Gasteiger partial charge >= 0.3 is 0 Å². The number of hydrazone groups is 1. The second-order valence-electron chi connectivity index (χ2n) is 7.95. The van der Waals surface area contributed by atoms with Crippen molar-refractivity contribution in [3.8, 4) is 5.75 Å². The fourth-order valence-corrected chi connectivity index (χ4v) is 4.43. The molecule has 2 aliphatic heterocycles. The lowest BCUT2D eigenvalue weighted by molar-refractivity contribution is -0.119. The number of anilines is 1. The van der Waals surface area contributed by atoms with Crippen LogP contribution in [-0.4, -0.2) is 34.8 Å². The highest BCUT2D eigenvalue weighted by Gasteiger charge is 2.40. The number of phenolic OH excluding ortho intramolecular Hbond substituents is 1. The minimum atomic E-state index is -0.199. The maximum Gasteiger partial charge on any atom is 0.282 e. The molecule has 30 heavy (non-hydrogen) atoms. The fraction of sp³-hybridized carbons (Fsp3) is 0.391. The number of benzene rings is 2. The summed E-state index contributed by atoms with van der Waals surface area (Å²) in [4.78, 5) is 13.1. The SMILES string of the molecule is C[C@H]1C(C(=O)NN2CCCCCC2)=NN(c2ccccc2Cl)[C@H]1c1ccc(O)cc1. The Kier molecular flexibility index (Phi) is 6.25. The molecule has 0 bridgehead atoms. The normalized spacial score (nSPS) is 22.5. The van der Waals surface area contributed by atoms with Crippen LogP contribution in [-0.2, 0) is 4.79 Å². The average Bonchev–Trinajstić information content (AvgIpc) is 2.89. The van der Waals surface area contributed by atoms with E-state index in [9.17, 15) is 9.90 Å². The molecule has 0 aromatic heterocycles. The first kappa shape index (κ1) is 20.7. The maximum atomic E-state index is 13.1. The van der Waals surface area contributed by atoms with E-state index in [1.165, 1.54) is 12.8 Å².